The van der Waals surface area contributed by atoms with Crippen LogP contribution >= 0.6 is 0 Å². The second-order valence-electron chi connectivity index (χ2n) is 9.85. The molecule has 1 unspecified atom stereocenters. The van der Waals surface area contributed by atoms with E-state index in [1.54, 1.807) is 6.20 Å². The molecule has 6 nitrogen and oxygen atoms in total. The minimum atomic E-state index is -0.130. The topological polar surface area (TPSA) is 80.5 Å². The van der Waals surface area contributed by atoms with E-state index in [9.17, 15) is 4.79 Å². The number of benzene rings is 1. The van der Waals surface area contributed by atoms with Gasteiger partial charge in [0.2, 0.25) is 0 Å². The van der Waals surface area contributed by atoms with E-state index in [0.29, 0.717) is 17.5 Å². The maximum Gasteiger partial charge on any atom is 0.255 e. The van der Waals surface area contributed by atoms with Crippen molar-refractivity contribution < 1.29 is 9.53 Å². The molecular formula is C28H40N4O2. The molecule has 2 aromatic rings. The Morgan fingerprint density at radius 1 is 1.12 bits per heavy atom. The van der Waals surface area contributed by atoms with E-state index in [1.807, 2.05) is 6.07 Å². The molecule has 1 amide bonds. The minimum absolute atomic E-state index is 0.130. The fourth-order valence-corrected chi connectivity index (χ4v) is 5.45. The molecule has 0 aliphatic carbocycles. The number of amides is 1. The summed E-state index contributed by atoms with van der Waals surface area (Å²) < 4.78 is 5.53. The molecule has 3 heterocycles. The molecule has 4 rings (SSSR count). The van der Waals surface area contributed by atoms with Gasteiger partial charge in [-0.1, -0.05) is 51.0 Å². The van der Waals surface area contributed by atoms with Crippen LogP contribution in [0.3, 0.4) is 0 Å². The summed E-state index contributed by atoms with van der Waals surface area (Å²) in [5, 5.41) is 3.16. The Morgan fingerprint density at radius 2 is 1.82 bits per heavy atom. The number of aromatic nitrogens is 1. The number of nitrogens with one attached hydrogen (secondary N) is 1. The number of carbonyl (C=O) groups excluding carboxylic acids is 1. The molecule has 2 saturated heterocycles. The third kappa shape index (κ3) is 5.97. The predicted molar refractivity (Wildman–Crippen MR) is 138 cm³/mol. The van der Waals surface area contributed by atoms with Gasteiger partial charge >= 0.3 is 0 Å². The van der Waals surface area contributed by atoms with Gasteiger partial charge in [0.1, 0.15) is 5.82 Å². The van der Waals surface area contributed by atoms with Gasteiger partial charge in [-0.25, -0.2) is 4.98 Å². The predicted octanol–water partition coefficient (Wildman–Crippen LogP) is 5.00. The van der Waals surface area contributed by atoms with Gasteiger partial charge in [0.25, 0.3) is 5.91 Å². The molecular weight excluding hydrogens is 424 g/mol. The zero-order valence-corrected chi connectivity index (χ0v) is 20.8. The molecule has 0 saturated carbocycles. The Morgan fingerprint density at radius 3 is 2.50 bits per heavy atom. The van der Waals surface area contributed by atoms with Crippen molar-refractivity contribution in [3.63, 3.8) is 0 Å². The minimum Gasteiger partial charge on any atom is -0.383 e. The lowest BCUT2D eigenvalue weighted by Crippen LogP contribution is -2.37. The number of ether oxygens (including phenoxy) is 1. The highest BCUT2D eigenvalue weighted by atomic mass is 16.5. The van der Waals surface area contributed by atoms with Crippen LogP contribution in [-0.2, 0) is 4.74 Å². The van der Waals surface area contributed by atoms with Crippen molar-refractivity contribution in [3.05, 3.63) is 47.7 Å². The van der Waals surface area contributed by atoms with Crippen LogP contribution in [0.15, 0.2) is 36.5 Å². The van der Waals surface area contributed by atoms with Crippen molar-refractivity contribution in [3.8, 4) is 11.1 Å². The summed E-state index contributed by atoms with van der Waals surface area (Å²) in [5.41, 5.74) is 9.92. The van der Waals surface area contributed by atoms with E-state index >= 15 is 0 Å². The average Bonchev–Trinajstić information content (AvgIpc) is 3.36. The molecule has 1 aromatic heterocycles. The second kappa shape index (κ2) is 11.8. The Hall–Kier alpha value is -2.44. The fourth-order valence-electron chi connectivity index (χ4n) is 5.45. The molecule has 34 heavy (non-hydrogen) atoms. The Kier molecular flexibility index (Phi) is 8.57. The first-order valence-corrected chi connectivity index (χ1v) is 13.1. The molecule has 184 valence electrons. The van der Waals surface area contributed by atoms with Crippen molar-refractivity contribution in [2.75, 3.05) is 32.0 Å². The fraction of sp³-hybridized carbons (Fsp3) is 0.571. The highest BCUT2D eigenvalue weighted by Gasteiger charge is 2.30. The first-order chi connectivity index (χ1) is 16.6. The van der Waals surface area contributed by atoms with E-state index in [1.165, 1.54) is 18.5 Å². The van der Waals surface area contributed by atoms with Gasteiger partial charge < -0.3 is 15.8 Å². The largest absolute Gasteiger partial charge is 0.383 e. The highest BCUT2D eigenvalue weighted by Crippen LogP contribution is 2.32. The average molecular weight is 465 g/mol. The molecule has 6 heteroatoms. The Bertz CT molecular complexity index is 934. The van der Waals surface area contributed by atoms with Crippen LogP contribution in [0.5, 0.6) is 0 Å². The highest BCUT2D eigenvalue weighted by molar-refractivity contribution is 5.99. The number of hydrogen-bond acceptors (Lipinski definition) is 5. The van der Waals surface area contributed by atoms with Gasteiger partial charge in [0.05, 0.1) is 5.56 Å². The Labute approximate surface area is 204 Å². The van der Waals surface area contributed by atoms with Crippen molar-refractivity contribution in [1.29, 1.82) is 0 Å². The van der Waals surface area contributed by atoms with Crippen LogP contribution in [0.4, 0.5) is 5.82 Å². The standard InChI is InChI=1S/C28H40N4O2/c1-3-5-24(6-4-2)31-28(33)26-17-23(18-30-27(26)29)21-9-7-20(8-10-21)22-11-14-32(19-22)25-12-15-34-16-13-25/h7-10,17-18,22,24-25H,3-6,11-16,19H2,1-2H3,(H2,29,30)(H,31,33). The van der Waals surface area contributed by atoms with Crippen LogP contribution in [-0.4, -0.2) is 54.2 Å². The van der Waals surface area contributed by atoms with E-state index in [2.05, 4.69) is 53.3 Å². The lowest BCUT2D eigenvalue weighted by atomic mass is 9.95. The molecule has 2 aliphatic heterocycles. The van der Waals surface area contributed by atoms with Gasteiger partial charge in [-0.15, -0.1) is 0 Å². The van der Waals surface area contributed by atoms with Gasteiger partial charge in [0, 0.05) is 43.6 Å². The second-order valence-corrected chi connectivity index (χ2v) is 9.85. The van der Waals surface area contributed by atoms with E-state index < -0.39 is 0 Å². The summed E-state index contributed by atoms with van der Waals surface area (Å²) in [6.45, 7) is 8.39. The van der Waals surface area contributed by atoms with Crippen molar-refractivity contribution in [2.45, 2.75) is 76.8 Å². The van der Waals surface area contributed by atoms with Gasteiger partial charge in [0.15, 0.2) is 0 Å². The lowest BCUT2D eigenvalue weighted by Gasteiger charge is -2.31. The van der Waals surface area contributed by atoms with E-state index in [0.717, 1.165) is 69.4 Å². The van der Waals surface area contributed by atoms with Gasteiger partial charge in [-0.2, -0.15) is 0 Å². The zero-order valence-electron chi connectivity index (χ0n) is 20.8. The summed E-state index contributed by atoms with van der Waals surface area (Å²) in [5.74, 6) is 0.732. The number of nitrogens with zero attached hydrogens (tertiary/aromatic N) is 2. The first kappa shape index (κ1) is 24.7. The van der Waals surface area contributed by atoms with Crippen molar-refractivity contribution in [1.82, 2.24) is 15.2 Å². The molecule has 1 aromatic carbocycles. The normalized spacial score (nSPS) is 19.6. The number of pyridine rings is 1. The van der Waals surface area contributed by atoms with Crippen molar-refractivity contribution in [2.24, 2.45) is 0 Å². The molecule has 0 spiro atoms. The Balaban J connectivity index is 1.43. The smallest absolute Gasteiger partial charge is 0.255 e. The third-order valence-corrected chi connectivity index (χ3v) is 7.41. The molecule has 0 bridgehead atoms. The summed E-state index contributed by atoms with van der Waals surface area (Å²) in [4.78, 5) is 19.9. The van der Waals surface area contributed by atoms with E-state index in [4.69, 9.17) is 10.5 Å². The first-order valence-electron chi connectivity index (χ1n) is 13.1. The number of carbonyl (C=O) groups is 1. The summed E-state index contributed by atoms with van der Waals surface area (Å²) in [6, 6.07) is 11.5. The van der Waals surface area contributed by atoms with Gasteiger partial charge in [-0.05, 0) is 61.8 Å². The van der Waals surface area contributed by atoms with Crippen molar-refractivity contribution >= 4 is 11.7 Å². The summed E-state index contributed by atoms with van der Waals surface area (Å²) in [7, 11) is 0. The molecule has 2 fully saturated rings. The molecule has 0 radical (unpaired) electrons. The molecule has 2 aliphatic rings. The number of rotatable bonds is 9. The third-order valence-electron chi connectivity index (χ3n) is 7.41. The molecule has 1 atom stereocenters. The zero-order chi connectivity index (χ0) is 23.9. The maximum absolute atomic E-state index is 13.0. The SMILES string of the molecule is CCCC(CCC)NC(=O)c1cc(-c2ccc(C3CCN(C4CCOCC4)C3)cc2)cnc1N. The van der Waals surface area contributed by atoms with Crippen LogP contribution in [0.1, 0.15) is 80.6 Å². The monoisotopic (exact) mass is 464 g/mol. The van der Waals surface area contributed by atoms with Crippen LogP contribution < -0.4 is 11.1 Å². The summed E-state index contributed by atoms with van der Waals surface area (Å²) >= 11 is 0. The van der Waals surface area contributed by atoms with Crippen LogP contribution in [0.25, 0.3) is 11.1 Å². The maximum atomic E-state index is 13.0. The van der Waals surface area contributed by atoms with E-state index in [-0.39, 0.29) is 17.8 Å². The number of likely N-dealkylation sites (tertiary alicyclic amines) is 1. The molecule has 3 N–H and O–H groups in total. The number of nitrogens with two attached hydrogens (primary N) is 1. The quantitative estimate of drug-likeness (QED) is 0.546. The van der Waals surface area contributed by atoms with Crippen LogP contribution in [0, 0.1) is 0 Å². The number of anilines is 1. The number of hydrogen-bond donors (Lipinski definition) is 2. The number of nitrogen functional groups attached to an aromatic ring is 1. The lowest BCUT2D eigenvalue weighted by molar-refractivity contribution is 0.0419. The summed E-state index contributed by atoms with van der Waals surface area (Å²) in [6.07, 6.45) is 9.31. The van der Waals surface area contributed by atoms with Crippen LogP contribution in [0.2, 0.25) is 0 Å². The van der Waals surface area contributed by atoms with Gasteiger partial charge in [-0.3, -0.25) is 9.69 Å².